The Labute approximate surface area is 161 Å². The number of nitrogens with zero attached hydrogens (tertiary/aromatic N) is 3. The van der Waals surface area contributed by atoms with Crippen molar-refractivity contribution < 1.29 is 9.26 Å². The lowest BCUT2D eigenvalue weighted by Crippen LogP contribution is -1.95. The minimum atomic E-state index is 0.621. The average Bonchev–Trinajstić information content (AvgIpc) is 3.36. The van der Waals surface area contributed by atoms with Crippen LogP contribution in [0.1, 0.15) is 0 Å². The SMILES string of the molecule is COc1ccc(-c2nn(-c3ccccc3)c3onc(-c4ccccc4)c23)cc1. The average molecular weight is 367 g/mol. The minimum Gasteiger partial charge on any atom is -0.497 e. The molecule has 2 aromatic heterocycles. The molecular formula is C23H17N3O2. The first-order valence-corrected chi connectivity index (χ1v) is 8.99. The van der Waals surface area contributed by atoms with Crippen LogP contribution in [0.2, 0.25) is 0 Å². The van der Waals surface area contributed by atoms with Crippen LogP contribution in [-0.4, -0.2) is 22.0 Å². The highest BCUT2D eigenvalue weighted by atomic mass is 16.5. The standard InChI is InChI=1S/C23H17N3O2/c1-27-19-14-12-17(13-15-19)21-20-22(16-8-4-2-5-9-16)25-28-23(20)26(24-21)18-10-6-3-7-11-18/h2-15H,1H3. The van der Waals surface area contributed by atoms with E-state index in [1.54, 1.807) is 11.8 Å². The number of hydrogen-bond acceptors (Lipinski definition) is 4. The molecule has 0 fully saturated rings. The number of para-hydroxylation sites is 1. The lowest BCUT2D eigenvalue weighted by atomic mass is 10.0. The van der Waals surface area contributed by atoms with E-state index in [-0.39, 0.29) is 0 Å². The molecule has 136 valence electrons. The quantitative estimate of drug-likeness (QED) is 0.429. The summed E-state index contributed by atoms with van der Waals surface area (Å²) in [7, 11) is 1.66. The van der Waals surface area contributed by atoms with Crippen molar-refractivity contribution in [2.24, 2.45) is 0 Å². The Bertz CT molecular complexity index is 1190. The van der Waals surface area contributed by atoms with Gasteiger partial charge in [0.05, 0.1) is 18.2 Å². The van der Waals surface area contributed by atoms with Crippen molar-refractivity contribution in [3.63, 3.8) is 0 Å². The summed E-state index contributed by atoms with van der Waals surface area (Å²) in [6.07, 6.45) is 0. The molecule has 0 aliphatic carbocycles. The fourth-order valence-electron chi connectivity index (χ4n) is 3.32. The van der Waals surface area contributed by atoms with Gasteiger partial charge in [-0.25, -0.2) is 0 Å². The molecule has 5 heteroatoms. The number of aromatic nitrogens is 3. The van der Waals surface area contributed by atoms with Crippen molar-refractivity contribution in [1.29, 1.82) is 0 Å². The van der Waals surface area contributed by atoms with Gasteiger partial charge in [-0.05, 0) is 36.4 Å². The highest BCUT2D eigenvalue weighted by molar-refractivity contribution is 6.01. The maximum Gasteiger partial charge on any atom is 0.262 e. The molecule has 0 aliphatic heterocycles. The van der Waals surface area contributed by atoms with Gasteiger partial charge < -0.3 is 9.26 Å². The van der Waals surface area contributed by atoms with Gasteiger partial charge in [-0.1, -0.05) is 53.7 Å². The molecule has 0 aliphatic rings. The fraction of sp³-hybridized carbons (Fsp3) is 0.0435. The lowest BCUT2D eigenvalue weighted by molar-refractivity contribution is 0.415. The maximum absolute atomic E-state index is 5.76. The Kier molecular flexibility index (Phi) is 3.91. The van der Waals surface area contributed by atoms with Gasteiger partial charge in [0.15, 0.2) is 0 Å². The molecule has 3 aromatic carbocycles. The molecule has 0 radical (unpaired) electrons. The summed E-state index contributed by atoms with van der Waals surface area (Å²) in [5.41, 5.74) is 5.11. The van der Waals surface area contributed by atoms with Crippen LogP contribution in [0.4, 0.5) is 0 Å². The zero-order chi connectivity index (χ0) is 18.9. The van der Waals surface area contributed by atoms with Gasteiger partial charge in [0.1, 0.15) is 17.1 Å². The van der Waals surface area contributed by atoms with Crippen molar-refractivity contribution in [2.45, 2.75) is 0 Å². The molecule has 0 spiro atoms. The van der Waals surface area contributed by atoms with Crippen LogP contribution in [0.3, 0.4) is 0 Å². The molecule has 0 N–H and O–H groups in total. The summed E-state index contributed by atoms with van der Waals surface area (Å²) in [4.78, 5) is 0. The van der Waals surface area contributed by atoms with E-state index in [9.17, 15) is 0 Å². The maximum atomic E-state index is 5.76. The zero-order valence-electron chi connectivity index (χ0n) is 15.2. The minimum absolute atomic E-state index is 0.621. The predicted molar refractivity (Wildman–Crippen MR) is 109 cm³/mol. The molecule has 0 saturated heterocycles. The lowest BCUT2D eigenvalue weighted by Gasteiger charge is -2.03. The molecule has 0 unspecified atom stereocenters. The molecule has 0 amide bonds. The van der Waals surface area contributed by atoms with Gasteiger partial charge in [-0.2, -0.15) is 9.78 Å². The van der Waals surface area contributed by atoms with E-state index in [0.717, 1.165) is 39.3 Å². The van der Waals surface area contributed by atoms with Crippen molar-refractivity contribution in [3.05, 3.63) is 84.9 Å². The van der Waals surface area contributed by atoms with Crippen LogP contribution in [0.15, 0.2) is 89.5 Å². The third-order valence-corrected chi connectivity index (χ3v) is 4.71. The molecule has 5 nitrogen and oxygen atoms in total. The number of fused-ring (bicyclic) bond motifs is 1. The van der Waals surface area contributed by atoms with Gasteiger partial charge in [0.2, 0.25) is 0 Å². The molecule has 5 rings (SSSR count). The number of ether oxygens (including phenoxy) is 1. The first-order valence-electron chi connectivity index (χ1n) is 8.99. The fourth-order valence-corrected chi connectivity index (χ4v) is 3.32. The molecule has 28 heavy (non-hydrogen) atoms. The summed E-state index contributed by atoms with van der Waals surface area (Å²) in [5, 5.41) is 10.1. The second kappa shape index (κ2) is 6.70. The van der Waals surface area contributed by atoms with E-state index >= 15 is 0 Å². The predicted octanol–water partition coefficient (Wildman–Crippen LogP) is 5.36. The number of methoxy groups -OCH3 is 1. The van der Waals surface area contributed by atoms with Crippen molar-refractivity contribution in [1.82, 2.24) is 14.9 Å². The molecule has 5 aromatic rings. The van der Waals surface area contributed by atoms with Crippen LogP contribution in [0.25, 0.3) is 39.3 Å². The van der Waals surface area contributed by atoms with Crippen molar-refractivity contribution >= 4 is 11.1 Å². The Morgan fingerprint density at radius 3 is 2.07 bits per heavy atom. The number of benzene rings is 3. The first kappa shape index (κ1) is 16.3. The van der Waals surface area contributed by atoms with E-state index in [1.807, 2.05) is 84.9 Å². The van der Waals surface area contributed by atoms with E-state index in [0.29, 0.717) is 5.71 Å². The number of hydrogen-bond donors (Lipinski definition) is 0. The normalized spacial score (nSPS) is 11.0. The number of rotatable bonds is 4. The largest absolute Gasteiger partial charge is 0.497 e. The zero-order valence-corrected chi connectivity index (χ0v) is 15.2. The second-order valence-electron chi connectivity index (χ2n) is 6.40. The van der Waals surface area contributed by atoms with Gasteiger partial charge in [0.25, 0.3) is 5.71 Å². The van der Waals surface area contributed by atoms with E-state index in [1.165, 1.54) is 0 Å². The highest BCUT2D eigenvalue weighted by Gasteiger charge is 2.23. The van der Waals surface area contributed by atoms with Gasteiger partial charge in [0, 0.05) is 11.1 Å². The highest BCUT2D eigenvalue weighted by Crippen LogP contribution is 2.37. The molecular weight excluding hydrogens is 350 g/mol. The summed E-state index contributed by atoms with van der Waals surface area (Å²) < 4.78 is 12.9. The smallest absolute Gasteiger partial charge is 0.262 e. The Morgan fingerprint density at radius 1 is 0.750 bits per heavy atom. The Morgan fingerprint density at radius 2 is 1.39 bits per heavy atom. The topological polar surface area (TPSA) is 53.1 Å². The van der Waals surface area contributed by atoms with Crippen molar-refractivity contribution in [3.8, 4) is 34.0 Å². The van der Waals surface area contributed by atoms with Crippen molar-refractivity contribution in [2.75, 3.05) is 7.11 Å². The Balaban J connectivity index is 1.79. The molecule has 0 atom stereocenters. The van der Waals surface area contributed by atoms with Crippen LogP contribution in [-0.2, 0) is 0 Å². The second-order valence-corrected chi connectivity index (χ2v) is 6.40. The van der Waals surface area contributed by atoms with Crippen LogP contribution in [0.5, 0.6) is 5.75 Å². The third-order valence-electron chi connectivity index (χ3n) is 4.71. The van der Waals surface area contributed by atoms with Crippen LogP contribution < -0.4 is 4.74 Å². The monoisotopic (exact) mass is 367 g/mol. The summed E-state index contributed by atoms with van der Waals surface area (Å²) in [6, 6.07) is 27.8. The molecule has 2 heterocycles. The van der Waals surface area contributed by atoms with Crippen LogP contribution in [0, 0.1) is 0 Å². The molecule has 0 bridgehead atoms. The van der Waals surface area contributed by atoms with E-state index in [4.69, 9.17) is 14.4 Å². The van der Waals surface area contributed by atoms with E-state index < -0.39 is 0 Å². The summed E-state index contributed by atoms with van der Waals surface area (Å²) >= 11 is 0. The van der Waals surface area contributed by atoms with Gasteiger partial charge in [-0.3, -0.25) is 0 Å². The Hall–Kier alpha value is -3.86. The third kappa shape index (κ3) is 2.65. The summed E-state index contributed by atoms with van der Waals surface area (Å²) in [5.74, 6) is 0.802. The first-order chi connectivity index (χ1) is 13.8. The van der Waals surface area contributed by atoms with Crippen LogP contribution >= 0.6 is 0 Å². The summed E-state index contributed by atoms with van der Waals surface area (Å²) in [6.45, 7) is 0. The van der Waals surface area contributed by atoms with Gasteiger partial charge in [-0.15, -0.1) is 0 Å². The van der Waals surface area contributed by atoms with E-state index in [2.05, 4.69) is 5.16 Å². The molecule has 0 saturated carbocycles. The van der Waals surface area contributed by atoms with Gasteiger partial charge >= 0.3 is 0 Å².